The average molecular weight is 275 g/mol. The van der Waals surface area contributed by atoms with Crippen LogP contribution in [0.2, 0.25) is 0 Å². The zero-order chi connectivity index (χ0) is 13.9. The lowest BCUT2D eigenvalue weighted by molar-refractivity contribution is 0.540. The van der Waals surface area contributed by atoms with Gasteiger partial charge in [-0.15, -0.1) is 11.3 Å². The van der Waals surface area contributed by atoms with Gasteiger partial charge >= 0.3 is 0 Å². The highest BCUT2D eigenvalue weighted by Crippen LogP contribution is 2.24. The standard InChI is InChI=1S/C15H21N3S/c1-15(2,3)12-6-4-11(5-7-12)8-13(18-16)14-9-19-10-17-14/h4-7,9-10,13,18H,8,16H2,1-3H3. The number of nitrogens with two attached hydrogens (primary N) is 1. The molecule has 0 saturated heterocycles. The first-order valence-corrected chi connectivity index (χ1v) is 7.38. The Bertz CT molecular complexity index is 497. The number of nitrogens with zero attached hydrogens (tertiary/aromatic N) is 1. The molecule has 1 aromatic heterocycles. The Kier molecular flexibility index (Phi) is 4.34. The van der Waals surface area contributed by atoms with Crippen molar-refractivity contribution in [3.63, 3.8) is 0 Å². The summed E-state index contributed by atoms with van der Waals surface area (Å²) in [5, 5.41) is 2.04. The summed E-state index contributed by atoms with van der Waals surface area (Å²) in [5.74, 6) is 5.63. The maximum atomic E-state index is 5.63. The number of hydrazine groups is 1. The second-order valence-corrected chi connectivity index (χ2v) is 6.50. The Labute approximate surface area is 118 Å². The average Bonchev–Trinajstić information content (AvgIpc) is 2.89. The summed E-state index contributed by atoms with van der Waals surface area (Å²) in [7, 11) is 0. The number of thiazole rings is 1. The van der Waals surface area contributed by atoms with Crippen molar-refractivity contribution in [1.82, 2.24) is 10.4 Å². The Morgan fingerprint density at radius 1 is 1.26 bits per heavy atom. The number of nitrogens with one attached hydrogen (secondary N) is 1. The van der Waals surface area contributed by atoms with Gasteiger partial charge in [-0.1, -0.05) is 45.0 Å². The van der Waals surface area contributed by atoms with Crippen LogP contribution in [0.4, 0.5) is 0 Å². The van der Waals surface area contributed by atoms with Crippen LogP contribution in [0.3, 0.4) is 0 Å². The lowest BCUT2D eigenvalue weighted by Crippen LogP contribution is -2.29. The minimum absolute atomic E-state index is 0.0757. The molecule has 0 bridgehead atoms. The van der Waals surface area contributed by atoms with E-state index in [1.54, 1.807) is 11.3 Å². The van der Waals surface area contributed by atoms with E-state index in [4.69, 9.17) is 5.84 Å². The molecule has 0 radical (unpaired) electrons. The molecule has 19 heavy (non-hydrogen) atoms. The first kappa shape index (κ1) is 14.2. The van der Waals surface area contributed by atoms with Crippen LogP contribution < -0.4 is 11.3 Å². The molecule has 4 heteroatoms. The first-order chi connectivity index (χ1) is 9.00. The minimum Gasteiger partial charge on any atom is -0.271 e. The van der Waals surface area contributed by atoms with Crippen LogP contribution in [-0.2, 0) is 11.8 Å². The summed E-state index contributed by atoms with van der Waals surface area (Å²) >= 11 is 1.59. The van der Waals surface area contributed by atoms with Gasteiger partial charge in [0.1, 0.15) is 0 Å². The molecule has 0 saturated carbocycles. The Balaban J connectivity index is 2.11. The molecule has 1 atom stereocenters. The van der Waals surface area contributed by atoms with Crippen LogP contribution in [0.5, 0.6) is 0 Å². The van der Waals surface area contributed by atoms with E-state index >= 15 is 0 Å². The molecule has 0 spiro atoms. The van der Waals surface area contributed by atoms with E-state index in [1.165, 1.54) is 11.1 Å². The summed E-state index contributed by atoms with van der Waals surface area (Å²) in [6.07, 6.45) is 0.852. The molecule has 0 aliphatic heterocycles. The van der Waals surface area contributed by atoms with E-state index in [-0.39, 0.29) is 11.5 Å². The number of hydrogen-bond acceptors (Lipinski definition) is 4. The van der Waals surface area contributed by atoms with Gasteiger partial charge in [-0.25, -0.2) is 4.98 Å². The maximum absolute atomic E-state index is 5.63. The van der Waals surface area contributed by atoms with Crippen LogP contribution in [0, 0.1) is 0 Å². The molecule has 3 nitrogen and oxygen atoms in total. The van der Waals surface area contributed by atoms with Gasteiger partial charge in [-0.3, -0.25) is 11.3 Å². The van der Waals surface area contributed by atoms with E-state index in [0.717, 1.165) is 12.1 Å². The fraction of sp³-hybridized carbons (Fsp3) is 0.400. The zero-order valence-corrected chi connectivity index (χ0v) is 12.5. The molecule has 102 valence electrons. The van der Waals surface area contributed by atoms with Crippen molar-refractivity contribution in [3.8, 4) is 0 Å². The molecular formula is C15H21N3S. The summed E-state index contributed by atoms with van der Waals surface area (Å²) in [6, 6.07) is 8.83. The number of rotatable bonds is 4. The number of aromatic nitrogens is 1. The smallest absolute Gasteiger partial charge is 0.0795 e. The van der Waals surface area contributed by atoms with Crippen LogP contribution in [0.15, 0.2) is 35.2 Å². The van der Waals surface area contributed by atoms with Crippen LogP contribution in [0.1, 0.15) is 43.6 Å². The van der Waals surface area contributed by atoms with E-state index < -0.39 is 0 Å². The van der Waals surface area contributed by atoms with E-state index in [0.29, 0.717) is 0 Å². The summed E-state index contributed by atoms with van der Waals surface area (Å²) in [5.41, 5.74) is 8.49. The molecule has 0 fully saturated rings. The second kappa shape index (κ2) is 5.82. The van der Waals surface area contributed by atoms with Gasteiger partial charge in [0, 0.05) is 5.38 Å². The molecule has 0 aliphatic carbocycles. The van der Waals surface area contributed by atoms with Crippen molar-refractivity contribution in [3.05, 3.63) is 52.0 Å². The van der Waals surface area contributed by atoms with E-state index in [2.05, 4.69) is 55.4 Å². The molecule has 2 rings (SSSR count). The highest BCUT2D eigenvalue weighted by atomic mass is 32.1. The summed E-state index contributed by atoms with van der Waals surface area (Å²) in [4.78, 5) is 4.32. The number of benzene rings is 1. The first-order valence-electron chi connectivity index (χ1n) is 6.44. The summed E-state index contributed by atoms with van der Waals surface area (Å²) in [6.45, 7) is 6.67. The van der Waals surface area contributed by atoms with Crippen molar-refractivity contribution in [1.29, 1.82) is 0 Å². The van der Waals surface area contributed by atoms with Gasteiger partial charge in [0.15, 0.2) is 0 Å². The van der Waals surface area contributed by atoms with E-state index in [9.17, 15) is 0 Å². The second-order valence-electron chi connectivity index (χ2n) is 5.78. The molecule has 0 amide bonds. The fourth-order valence-corrected chi connectivity index (χ4v) is 2.63. The quantitative estimate of drug-likeness (QED) is 0.665. The maximum Gasteiger partial charge on any atom is 0.0795 e. The molecule has 1 aromatic carbocycles. The Hall–Kier alpha value is -1.23. The van der Waals surface area contributed by atoms with Gasteiger partial charge in [0.25, 0.3) is 0 Å². The third kappa shape index (κ3) is 3.62. The van der Waals surface area contributed by atoms with Gasteiger partial charge in [0.2, 0.25) is 0 Å². The van der Waals surface area contributed by atoms with Gasteiger partial charge in [-0.2, -0.15) is 0 Å². The lowest BCUT2D eigenvalue weighted by Gasteiger charge is -2.20. The van der Waals surface area contributed by atoms with Crippen molar-refractivity contribution in [2.75, 3.05) is 0 Å². The Morgan fingerprint density at radius 3 is 2.42 bits per heavy atom. The van der Waals surface area contributed by atoms with Crippen molar-refractivity contribution in [2.45, 2.75) is 38.6 Å². The van der Waals surface area contributed by atoms with Crippen molar-refractivity contribution in [2.24, 2.45) is 5.84 Å². The largest absolute Gasteiger partial charge is 0.271 e. The molecular weight excluding hydrogens is 254 g/mol. The molecule has 0 aliphatic rings. The molecule has 1 heterocycles. The lowest BCUT2D eigenvalue weighted by atomic mass is 9.86. The number of hydrogen-bond donors (Lipinski definition) is 2. The van der Waals surface area contributed by atoms with Crippen LogP contribution in [0.25, 0.3) is 0 Å². The third-order valence-electron chi connectivity index (χ3n) is 3.27. The van der Waals surface area contributed by atoms with Crippen LogP contribution in [-0.4, -0.2) is 4.98 Å². The summed E-state index contributed by atoms with van der Waals surface area (Å²) < 4.78 is 0. The third-order valence-corrected chi connectivity index (χ3v) is 3.87. The fourth-order valence-electron chi connectivity index (χ4n) is 2.02. The van der Waals surface area contributed by atoms with Crippen molar-refractivity contribution >= 4 is 11.3 Å². The predicted octanol–water partition coefficient (Wildman–Crippen LogP) is 3.19. The normalized spacial score (nSPS) is 13.5. The predicted molar refractivity (Wildman–Crippen MR) is 81.0 cm³/mol. The van der Waals surface area contributed by atoms with Crippen LogP contribution >= 0.6 is 11.3 Å². The topological polar surface area (TPSA) is 50.9 Å². The van der Waals surface area contributed by atoms with Crippen molar-refractivity contribution < 1.29 is 0 Å². The van der Waals surface area contributed by atoms with Gasteiger partial charge in [0.05, 0.1) is 17.2 Å². The highest BCUT2D eigenvalue weighted by Gasteiger charge is 2.15. The van der Waals surface area contributed by atoms with Gasteiger partial charge < -0.3 is 0 Å². The Morgan fingerprint density at radius 2 is 1.95 bits per heavy atom. The molecule has 2 aromatic rings. The highest BCUT2D eigenvalue weighted by molar-refractivity contribution is 7.07. The SMILES string of the molecule is CC(C)(C)c1ccc(CC(NN)c2cscn2)cc1. The van der Waals surface area contributed by atoms with E-state index in [1.807, 2.05) is 10.9 Å². The van der Waals surface area contributed by atoms with Gasteiger partial charge in [-0.05, 0) is 23.0 Å². The zero-order valence-electron chi connectivity index (χ0n) is 11.7. The molecule has 1 unspecified atom stereocenters. The monoisotopic (exact) mass is 275 g/mol. The molecule has 3 N–H and O–H groups in total. The minimum atomic E-state index is 0.0757.